The molecule has 0 amide bonds. The van der Waals surface area contributed by atoms with Gasteiger partial charge < -0.3 is 5.73 Å². The van der Waals surface area contributed by atoms with Crippen LogP contribution in [0.4, 0.5) is 0 Å². The highest BCUT2D eigenvalue weighted by Crippen LogP contribution is 2.36. The Morgan fingerprint density at radius 1 is 1.14 bits per heavy atom. The standard InChI is InChI=1S/C18H26N2S/c19-18(21)16(14-7-2-1-3-8-14)13-20-12-6-11-17(20)15-9-4-5-10-15/h1-3,7-8,15-17H,4-6,9-13H2,(H2,19,21). The van der Waals surface area contributed by atoms with Crippen LogP contribution in [0.1, 0.15) is 50.0 Å². The third-order valence-electron chi connectivity index (χ3n) is 5.32. The van der Waals surface area contributed by atoms with E-state index < -0.39 is 0 Å². The van der Waals surface area contributed by atoms with Crippen LogP contribution in [0, 0.1) is 5.92 Å². The smallest absolute Gasteiger partial charge is 0.0816 e. The molecule has 0 aromatic heterocycles. The largest absolute Gasteiger partial charge is 0.393 e. The van der Waals surface area contributed by atoms with Crippen molar-refractivity contribution in [2.24, 2.45) is 11.7 Å². The summed E-state index contributed by atoms with van der Waals surface area (Å²) in [6.45, 7) is 2.22. The van der Waals surface area contributed by atoms with Gasteiger partial charge in [-0.15, -0.1) is 0 Å². The minimum Gasteiger partial charge on any atom is -0.393 e. The first-order valence-corrected chi connectivity index (χ1v) is 8.75. The third-order valence-corrected chi connectivity index (χ3v) is 5.61. The summed E-state index contributed by atoms with van der Waals surface area (Å²) >= 11 is 5.36. The first-order chi connectivity index (χ1) is 10.3. The number of benzene rings is 1. The molecular weight excluding hydrogens is 276 g/mol. The Morgan fingerprint density at radius 2 is 1.86 bits per heavy atom. The van der Waals surface area contributed by atoms with E-state index in [1.54, 1.807) is 0 Å². The lowest BCUT2D eigenvalue weighted by Gasteiger charge is -2.32. The summed E-state index contributed by atoms with van der Waals surface area (Å²) in [5.74, 6) is 1.11. The molecule has 114 valence electrons. The normalized spacial score (nSPS) is 25.2. The zero-order valence-corrected chi connectivity index (χ0v) is 13.5. The molecule has 2 nitrogen and oxygen atoms in total. The summed E-state index contributed by atoms with van der Waals surface area (Å²) in [5.41, 5.74) is 7.32. The summed E-state index contributed by atoms with van der Waals surface area (Å²) in [6, 6.07) is 11.3. The van der Waals surface area contributed by atoms with Gasteiger partial charge in [0.2, 0.25) is 0 Å². The average molecular weight is 302 g/mol. The third kappa shape index (κ3) is 3.46. The SMILES string of the molecule is NC(=S)C(CN1CCCC1C1CCCC1)c1ccccc1. The molecule has 0 bridgehead atoms. The first kappa shape index (κ1) is 15.0. The van der Waals surface area contributed by atoms with Crippen LogP contribution < -0.4 is 5.73 Å². The minimum absolute atomic E-state index is 0.197. The van der Waals surface area contributed by atoms with Gasteiger partial charge in [-0.1, -0.05) is 55.4 Å². The lowest BCUT2D eigenvalue weighted by Crippen LogP contribution is -2.40. The number of nitrogens with zero attached hydrogens (tertiary/aromatic N) is 1. The van der Waals surface area contributed by atoms with Crippen LogP contribution in [0.25, 0.3) is 0 Å². The van der Waals surface area contributed by atoms with E-state index in [0.717, 1.165) is 18.5 Å². The van der Waals surface area contributed by atoms with Gasteiger partial charge in [-0.05, 0) is 43.7 Å². The lowest BCUT2D eigenvalue weighted by molar-refractivity contribution is 0.189. The van der Waals surface area contributed by atoms with Crippen LogP contribution in [0.15, 0.2) is 30.3 Å². The van der Waals surface area contributed by atoms with Crippen molar-refractivity contribution in [2.45, 2.75) is 50.5 Å². The van der Waals surface area contributed by atoms with Crippen LogP contribution in [-0.4, -0.2) is 29.0 Å². The maximum atomic E-state index is 6.05. The fourth-order valence-corrected chi connectivity index (χ4v) is 4.44. The molecule has 1 aromatic rings. The molecule has 2 aliphatic rings. The van der Waals surface area contributed by atoms with Gasteiger partial charge in [-0.25, -0.2) is 0 Å². The maximum absolute atomic E-state index is 6.05. The van der Waals surface area contributed by atoms with Gasteiger partial charge in [0.05, 0.1) is 4.99 Å². The summed E-state index contributed by atoms with van der Waals surface area (Å²) in [7, 11) is 0. The van der Waals surface area contributed by atoms with Gasteiger partial charge in [0.1, 0.15) is 0 Å². The molecule has 0 radical (unpaired) electrons. The number of nitrogens with two attached hydrogens (primary N) is 1. The molecule has 0 spiro atoms. The Kier molecular flexibility index (Phi) is 4.91. The Morgan fingerprint density at radius 3 is 2.52 bits per heavy atom. The van der Waals surface area contributed by atoms with Crippen LogP contribution in [0.2, 0.25) is 0 Å². The second-order valence-electron chi connectivity index (χ2n) is 6.61. The van der Waals surface area contributed by atoms with E-state index >= 15 is 0 Å². The first-order valence-electron chi connectivity index (χ1n) is 8.34. The molecule has 1 aliphatic heterocycles. The van der Waals surface area contributed by atoms with Crippen molar-refractivity contribution >= 4 is 17.2 Å². The Bertz CT molecular complexity index is 467. The van der Waals surface area contributed by atoms with Crippen molar-refractivity contribution in [3.8, 4) is 0 Å². The van der Waals surface area contributed by atoms with Crippen molar-refractivity contribution in [1.82, 2.24) is 4.90 Å². The van der Waals surface area contributed by atoms with Gasteiger partial charge in [0, 0.05) is 18.5 Å². The number of rotatable bonds is 5. The zero-order valence-electron chi connectivity index (χ0n) is 12.7. The maximum Gasteiger partial charge on any atom is 0.0816 e. The summed E-state index contributed by atoms with van der Waals surface area (Å²) in [5, 5.41) is 0. The number of thiocarbonyl (C=S) groups is 1. The van der Waals surface area contributed by atoms with Crippen LogP contribution in [-0.2, 0) is 0 Å². The van der Waals surface area contributed by atoms with Crippen molar-refractivity contribution in [3.63, 3.8) is 0 Å². The monoisotopic (exact) mass is 302 g/mol. The second kappa shape index (κ2) is 6.89. The highest BCUT2D eigenvalue weighted by molar-refractivity contribution is 7.80. The van der Waals surface area contributed by atoms with E-state index in [4.69, 9.17) is 18.0 Å². The van der Waals surface area contributed by atoms with Crippen LogP contribution >= 0.6 is 12.2 Å². The fourth-order valence-electron chi connectivity index (χ4n) is 4.23. The van der Waals surface area contributed by atoms with Gasteiger partial charge in [-0.3, -0.25) is 4.90 Å². The molecule has 2 atom stereocenters. The summed E-state index contributed by atoms with van der Waals surface area (Å²) in [4.78, 5) is 3.31. The molecule has 3 heteroatoms. The van der Waals surface area contributed by atoms with Crippen LogP contribution in [0.3, 0.4) is 0 Å². The number of hydrogen-bond donors (Lipinski definition) is 1. The van der Waals surface area contributed by atoms with Crippen LogP contribution in [0.5, 0.6) is 0 Å². The van der Waals surface area contributed by atoms with Gasteiger partial charge >= 0.3 is 0 Å². The van der Waals surface area contributed by atoms with Gasteiger partial charge in [-0.2, -0.15) is 0 Å². The lowest BCUT2D eigenvalue weighted by atomic mass is 9.93. The second-order valence-corrected chi connectivity index (χ2v) is 7.09. The Labute approximate surface area is 133 Å². The Balaban J connectivity index is 1.71. The molecule has 21 heavy (non-hydrogen) atoms. The molecule has 1 heterocycles. The molecule has 2 N–H and O–H groups in total. The van der Waals surface area contributed by atoms with E-state index in [1.165, 1.54) is 50.6 Å². The van der Waals surface area contributed by atoms with Gasteiger partial charge in [0.25, 0.3) is 0 Å². The highest BCUT2D eigenvalue weighted by atomic mass is 32.1. The molecule has 2 fully saturated rings. The molecule has 1 aromatic carbocycles. The van der Waals surface area contributed by atoms with E-state index in [1.807, 2.05) is 0 Å². The van der Waals surface area contributed by atoms with Gasteiger partial charge in [0.15, 0.2) is 0 Å². The molecule has 1 aliphatic carbocycles. The van der Waals surface area contributed by atoms with Crippen molar-refractivity contribution in [3.05, 3.63) is 35.9 Å². The fraction of sp³-hybridized carbons (Fsp3) is 0.611. The summed E-state index contributed by atoms with van der Waals surface area (Å²) in [6.07, 6.45) is 8.39. The molecule has 3 rings (SSSR count). The zero-order chi connectivity index (χ0) is 14.7. The van der Waals surface area contributed by atoms with E-state index in [-0.39, 0.29) is 5.92 Å². The molecule has 2 unspecified atom stereocenters. The molecule has 1 saturated heterocycles. The van der Waals surface area contributed by atoms with Crippen molar-refractivity contribution in [2.75, 3.05) is 13.1 Å². The topological polar surface area (TPSA) is 29.3 Å². The molecule has 1 saturated carbocycles. The quantitative estimate of drug-likeness (QED) is 0.841. The van der Waals surface area contributed by atoms with E-state index in [0.29, 0.717) is 4.99 Å². The highest BCUT2D eigenvalue weighted by Gasteiger charge is 2.34. The average Bonchev–Trinajstić information content (AvgIpc) is 3.16. The van der Waals surface area contributed by atoms with E-state index in [2.05, 4.69) is 35.2 Å². The van der Waals surface area contributed by atoms with E-state index in [9.17, 15) is 0 Å². The van der Waals surface area contributed by atoms with Crippen molar-refractivity contribution in [1.29, 1.82) is 0 Å². The Hall–Kier alpha value is -0.930. The predicted octanol–water partition coefficient (Wildman–Crippen LogP) is 3.71. The van der Waals surface area contributed by atoms with Crippen molar-refractivity contribution < 1.29 is 0 Å². The predicted molar refractivity (Wildman–Crippen MR) is 92.5 cm³/mol. The molecular formula is C18H26N2S. The summed E-state index contributed by atoms with van der Waals surface area (Å²) < 4.78 is 0. The number of likely N-dealkylation sites (tertiary alicyclic amines) is 1. The number of hydrogen-bond acceptors (Lipinski definition) is 2. The minimum atomic E-state index is 0.197.